The largest absolute Gasteiger partial charge is 0.452 e. The Morgan fingerprint density at radius 3 is 2.48 bits per heavy atom. The van der Waals surface area contributed by atoms with Gasteiger partial charge in [0.25, 0.3) is 5.91 Å². The van der Waals surface area contributed by atoms with Gasteiger partial charge in [-0.25, -0.2) is 13.2 Å². The highest BCUT2D eigenvalue weighted by molar-refractivity contribution is 7.98. The minimum atomic E-state index is -3.73. The molecule has 0 aliphatic carbocycles. The fourth-order valence-electron chi connectivity index (χ4n) is 2.34. The summed E-state index contributed by atoms with van der Waals surface area (Å²) in [6.45, 7) is 3.03. The third-order valence-corrected chi connectivity index (χ3v) is 6.92. The molecule has 0 saturated carbocycles. The molecule has 0 bridgehead atoms. The van der Waals surface area contributed by atoms with E-state index in [1.807, 2.05) is 24.5 Å². The van der Waals surface area contributed by atoms with Crippen molar-refractivity contribution in [2.75, 3.05) is 25.2 Å². The molecule has 0 radical (unpaired) electrons. The van der Waals surface area contributed by atoms with Crippen molar-refractivity contribution in [2.45, 2.75) is 29.7 Å². The summed E-state index contributed by atoms with van der Waals surface area (Å²) in [5.74, 6) is -1.26. The SMILES string of the molecule is CSc1cccc(NC(=O)COC(=O)c2cccc(S(=O)(=O)N(C)C(C)C)c2)c1. The third-order valence-electron chi connectivity index (χ3n) is 4.16. The Bertz CT molecular complexity index is 990. The molecule has 0 aliphatic rings. The molecule has 0 heterocycles. The first kappa shape index (κ1) is 22.9. The van der Waals surface area contributed by atoms with Gasteiger partial charge in [-0.3, -0.25) is 4.79 Å². The number of esters is 1. The fraction of sp³-hybridized carbons (Fsp3) is 0.300. The molecule has 0 saturated heterocycles. The number of amides is 1. The lowest BCUT2D eigenvalue weighted by molar-refractivity contribution is -0.119. The molecular weight excluding hydrogens is 412 g/mol. The van der Waals surface area contributed by atoms with Crippen molar-refractivity contribution in [3.8, 4) is 0 Å². The number of benzene rings is 2. The quantitative estimate of drug-likeness (QED) is 0.504. The zero-order chi connectivity index (χ0) is 21.6. The van der Waals surface area contributed by atoms with Gasteiger partial charge in [-0.15, -0.1) is 11.8 Å². The molecule has 156 valence electrons. The molecule has 0 aliphatic heterocycles. The Hall–Kier alpha value is -2.36. The molecule has 0 spiro atoms. The molecule has 0 fully saturated rings. The summed E-state index contributed by atoms with van der Waals surface area (Å²) in [4.78, 5) is 25.3. The first-order valence-corrected chi connectivity index (χ1v) is 11.5. The van der Waals surface area contributed by atoms with Crippen LogP contribution in [0.1, 0.15) is 24.2 Å². The molecular formula is C20H24N2O5S2. The van der Waals surface area contributed by atoms with Gasteiger partial charge in [0.1, 0.15) is 0 Å². The van der Waals surface area contributed by atoms with E-state index in [1.165, 1.54) is 35.6 Å². The van der Waals surface area contributed by atoms with Crippen LogP contribution < -0.4 is 5.32 Å². The van der Waals surface area contributed by atoms with Gasteiger partial charge in [0.2, 0.25) is 10.0 Å². The van der Waals surface area contributed by atoms with Crippen LogP contribution in [0.25, 0.3) is 0 Å². The Balaban J connectivity index is 2.03. The van der Waals surface area contributed by atoms with Gasteiger partial charge < -0.3 is 10.1 Å². The monoisotopic (exact) mass is 436 g/mol. The number of nitrogens with zero attached hydrogens (tertiary/aromatic N) is 1. The zero-order valence-electron chi connectivity index (χ0n) is 16.7. The molecule has 7 nitrogen and oxygen atoms in total. The second kappa shape index (κ2) is 9.91. The normalized spacial score (nSPS) is 11.5. The number of ether oxygens (including phenoxy) is 1. The minimum Gasteiger partial charge on any atom is -0.452 e. The van der Waals surface area contributed by atoms with Gasteiger partial charge in [0, 0.05) is 23.7 Å². The van der Waals surface area contributed by atoms with Crippen LogP contribution in [0, 0.1) is 0 Å². The average Bonchev–Trinajstić information content (AvgIpc) is 2.71. The maximum Gasteiger partial charge on any atom is 0.338 e. The molecule has 0 atom stereocenters. The lowest BCUT2D eigenvalue weighted by atomic mass is 10.2. The molecule has 9 heteroatoms. The summed E-state index contributed by atoms with van der Waals surface area (Å²) in [6.07, 6.45) is 1.93. The van der Waals surface area contributed by atoms with Crippen molar-refractivity contribution in [3.05, 3.63) is 54.1 Å². The van der Waals surface area contributed by atoms with Crippen LogP contribution in [0.5, 0.6) is 0 Å². The average molecular weight is 437 g/mol. The van der Waals surface area contributed by atoms with Crippen molar-refractivity contribution in [1.82, 2.24) is 4.31 Å². The summed E-state index contributed by atoms with van der Waals surface area (Å²) in [6, 6.07) is 12.6. The van der Waals surface area contributed by atoms with Crippen LogP contribution >= 0.6 is 11.8 Å². The van der Waals surface area contributed by atoms with Crippen molar-refractivity contribution in [1.29, 1.82) is 0 Å². The van der Waals surface area contributed by atoms with Crippen LogP contribution in [0.4, 0.5) is 5.69 Å². The van der Waals surface area contributed by atoms with E-state index >= 15 is 0 Å². The van der Waals surface area contributed by atoms with Crippen LogP contribution in [0.15, 0.2) is 58.3 Å². The Kier molecular flexibility index (Phi) is 7.83. The molecule has 2 aromatic rings. The number of sulfonamides is 1. The van der Waals surface area contributed by atoms with Crippen molar-refractivity contribution >= 4 is 39.3 Å². The van der Waals surface area contributed by atoms with E-state index < -0.39 is 28.5 Å². The highest BCUT2D eigenvalue weighted by atomic mass is 32.2. The number of thioether (sulfide) groups is 1. The van der Waals surface area contributed by atoms with Crippen LogP contribution in [0.2, 0.25) is 0 Å². The molecule has 0 unspecified atom stereocenters. The number of hydrogen-bond donors (Lipinski definition) is 1. The van der Waals surface area contributed by atoms with Gasteiger partial charge in [-0.1, -0.05) is 12.1 Å². The number of anilines is 1. The smallest absolute Gasteiger partial charge is 0.338 e. The van der Waals surface area contributed by atoms with E-state index in [9.17, 15) is 18.0 Å². The highest BCUT2D eigenvalue weighted by Crippen LogP contribution is 2.20. The van der Waals surface area contributed by atoms with Crippen LogP contribution in [0.3, 0.4) is 0 Å². The Labute approximate surface area is 175 Å². The topological polar surface area (TPSA) is 92.8 Å². The third kappa shape index (κ3) is 6.06. The van der Waals surface area contributed by atoms with E-state index in [0.717, 1.165) is 4.90 Å². The molecule has 29 heavy (non-hydrogen) atoms. The summed E-state index contributed by atoms with van der Waals surface area (Å²) in [5.41, 5.74) is 0.656. The molecule has 1 N–H and O–H groups in total. The Morgan fingerprint density at radius 2 is 1.83 bits per heavy atom. The van der Waals surface area contributed by atoms with E-state index in [0.29, 0.717) is 5.69 Å². The van der Waals surface area contributed by atoms with E-state index in [2.05, 4.69) is 5.32 Å². The van der Waals surface area contributed by atoms with Gasteiger partial charge >= 0.3 is 5.97 Å². The van der Waals surface area contributed by atoms with Crippen molar-refractivity contribution < 1.29 is 22.7 Å². The second-order valence-electron chi connectivity index (χ2n) is 6.50. The van der Waals surface area contributed by atoms with Crippen molar-refractivity contribution in [2.24, 2.45) is 0 Å². The van der Waals surface area contributed by atoms with Crippen molar-refractivity contribution in [3.63, 3.8) is 0 Å². The summed E-state index contributed by atoms with van der Waals surface area (Å²) >= 11 is 1.54. The van der Waals surface area contributed by atoms with Gasteiger partial charge in [-0.05, 0) is 56.5 Å². The number of nitrogens with one attached hydrogen (secondary N) is 1. The summed E-state index contributed by atoms with van der Waals surface area (Å²) in [5, 5.41) is 2.65. The number of carbonyl (C=O) groups is 2. The minimum absolute atomic E-state index is 0.0125. The first-order chi connectivity index (χ1) is 13.6. The maximum absolute atomic E-state index is 12.6. The maximum atomic E-state index is 12.6. The molecule has 0 aromatic heterocycles. The van der Waals surface area contributed by atoms with E-state index in [1.54, 1.807) is 31.7 Å². The predicted octanol–water partition coefficient (Wildman–Crippen LogP) is 3.23. The van der Waals surface area contributed by atoms with Crippen LogP contribution in [-0.2, 0) is 19.6 Å². The zero-order valence-corrected chi connectivity index (χ0v) is 18.3. The summed E-state index contributed by atoms with van der Waals surface area (Å²) in [7, 11) is -2.26. The molecule has 1 amide bonds. The standard InChI is InChI=1S/C20H24N2O5S2/c1-14(2)22(3)29(25,26)18-10-5-7-15(11-18)20(24)27-13-19(23)21-16-8-6-9-17(12-16)28-4/h5-12,14H,13H2,1-4H3,(H,21,23). The second-order valence-corrected chi connectivity index (χ2v) is 9.38. The van der Waals surface area contributed by atoms with Crippen LogP contribution in [-0.4, -0.2) is 50.6 Å². The van der Waals surface area contributed by atoms with E-state index in [4.69, 9.17) is 4.74 Å². The van der Waals surface area contributed by atoms with Gasteiger partial charge in [0.05, 0.1) is 10.5 Å². The van der Waals surface area contributed by atoms with E-state index in [-0.39, 0.29) is 16.5 Å². The number of carbonyl (C=O) groups excluding carboxylic acids is 2. The molecule has 2 aromatic carbocycles. The molecule has 2 rings (SSSR count). The highest BCUT2D eigenvalue weighted by Gasteiger charge is 2.24. The van der Waals surface area contributed by atoms with Gasteiger partial charge in [0.15, 0.2) is 6.61 Å². The summed E-state index contributed by atoms with van der Waals surface area (Å²) < 4.78 is 31.4. The predicted molar refractivity (Wildman–Crippen MR) is 114 cm³/mol. The number of rotatable bonds is 8. The first-order valence-electron chi connectivity index (χ1n) is 8.84. The lowest BCUT2D eigenvalue weighted by Gasteiger charge is -2.21. The fourth-order valence-corrected chi connectivity index (χ4v) is 4.21. The number of hydrogen-bond acceptors (Lipinski definition) is 6. The Morgan fingerprint density at radius 1 is 1.14 bits per heavy atom. The lowest BCUT2D eigenvalue weighted by Crippen LogP contribution is -2.33. The van der Waals surface area contributed by atoms with Gasteiger partial charge in [-0.2, -0.15) is 4.31 Å².